The SMILES string of the molecule is CSc1ccccc1C(=O)NCCN1CCN(c2ccc(Cl)cc2)CC1. The van der Waals surface area contributed by atoms with Crippen molar-refractivity contribution in [2.75, 3.05) is 50.4 Å². The van der Waals surface area contributed by atoms with Crippen LogP contribution in [0.4, 0.5) is 5.69 Å². The summed E-state index contributed by atoms with van der Waals surface area (Å²) in [5.74, 6) is 0.00903. The van der Waals surface area contributed by atoms with Gasteiger partial charge in [-0.05, 0) is 42.7 Å². The molecule has 2 aromatic rings. The third-order valence-electron chi connectivity index (χ3n) is 4.63. The number of rotatable bonds is 6. The normalized spacial score (nSPS) is 15.1. The standard InChI is InChI=1S/C20H24ClN3OS/c1-26-19-5-3-2-4-18(19)20(25)22-10-11-23-12-14-24(15-13-23)17-8-6-16(21)7-9-17/h2-9H,10-15H2,1H3,(H,22,25). The highest BCUT2D eigenvalue weighted by atomic mass is 35.5. The van der Waals surface area contributed by atoms with Gasteiger partial charge in [0.15, 0.2) is 0 Å². The average Bonchev–Trinajstić information content (AvgIpc) is 2.69. The fourth-order valence-corrected chi connectivity index (χ4v) is 3.86. The molecule has 0 aliphatic carbocycles. The highest BCUT2D eigenvalue weighted by Gasteiger charge is 2.17. The Kier molecular flexibility index (Phi) is 6.83. The average molecular weight is 390 g/mol. The van der Waals surface area contributed by atoms with E-state index < -0.39 is 0 Å². The minimum atomic E-state index is 0.00903. The molecule has 1 heterocycles. The number of carbonyl (C=O) groups excluding carboxylic acids is 1. The van der Waals surface area contributed by atoms with E-state index in [9.17, 15) is 4.79 Å². The van der Waals surface area contributed by atoms with Crippen molar-refractivity contribution in [3.05, 3.63) is 59.1 Å². The molecule has 1 aliphatic rings. The molecule has 3 rings (SSSR count). The largest absolute Gasteiger partial charge is 0.369 e. The van der Waals surface area contributed by atoms with E-state index >= 15 is 0 Å². The summed E-state index contributed by atoms with van der Waals surface area (Å²) in [6, 6.07) is 15.7. The zero-order valence-electron chi connectivity index (χ0n) is 15.0. The molecule has 1 fully saturated rings. The fourth-order valence-electron chi connectivity index (χ4n) is 3.14. The summed E-state index contributed by atoms with van der Waals surface area (Å²) in [4.78, 5) is 18.2. The predicted molar refractivity (Wildman–Crippen MR) is 111 cm³/mol. The van der Waals surface area contributed by atoms with E-state index in [1.807, 2.05) is 42.7 Å². The van der Waals surface area contributed by atoms with Gasteiger partial charge in [-0.1, -0.05) is 23.7 Å². The molecular weight excluding hydrogens is 366 g/mol. The second-order valence-electron chi connectivity index (χ2n) is 6.26. The lowest BCUT2D eigenvalue weighted by molar-refractivity contribution is 0.0945. The number of amides is 1. The van der Waals surface area contributed by atoms with Crippen molar-refractivity contribution >= 4 is 35.0 Å². The first-order chi connectivity index (χ1) is 12.7. The van der Waals surface area contributed by atoms with Crippen LogP contribution >= 0.6 is 23.4 Å². The topological polar surface area (TPSA) is 35.6 Å². The van der Waals surface area contributed by atoms with E-state index in [1.165, 1.54) is 5.69 Å². The maximum Gasteiger partial charge on any atom is 0.252 e. The van der Waals surface area contributed by atoms with Crippen molar-refractivity contribution in [1.29, 1.82) is 0 Å². The van der Waals surface area contributed by atoms with Crippen LogP contribution in [0.1, 0.15) is 10.4 Å². The highest BCUT2D eigenvalue weighted by Crippen LogP contribution is 2.20. The van der Waals surface area contributed by atoms with Crippen LogP contribution in [0, 0.1) is 0 Å². The van der Waals surface area contributed by atoms with Gasteiger partial charge in [-0.25, -0.2) is 0 Å². The maximum atomic E-state index is 12.4. The molecule has 0 bridgehead atoms. The Hall–Kier alpha value is -1.69. The Morgan fingerprint density at radius 1 is 1.08 bits per heavy atom. The van der Waals surface area contributed by atoms with Crippen LogP contribution < -0.4 is 10.2 Å². The summed E-state index contributed by atoms with van der Waals surface area (Å²) in [5, 5.41) is 3.82. The summed E-state index contributed by atoms with van der Waals surface area (Å²) in [7, 11) is 0. The fraction of sp³-hybridized carbons (Fsp3) is 0.350. The van der Waals surface area contributed by atoms with E-state index in [-0.39, 0.29) is 5.91 Å². The Morgan fingerprint density at radius 2 is 1.77 bits per heavy atom. The Morgan fingerprint density at radius 3 is 2.46 bits per heavy atom. The number of hydrogen-bond donors (Lipinski definition) is 1. The Balaban J connectivity index is 1.42. The molecule has 0 aromatic heterocycles. The van der Waals surface area contributed by atoms with Crippen molar-refractivity contribution in [1.82, 2.24) is 10.2 Å². The van der Waals surface area contributed by atoms with E-state index in [4.69, 9.17) is 11.6 Å². The number of anilines is 1. The summed E-state index contributed by atoms with van der Waals surface area (Å²) in [5.41, 5.74) is 1.98. The zero-order chi connectivity index (χ0) is 18.4. The summed E-state index contributed by atoms with van der Waals surface area (Å²) in [6.45, 7) is 5.53. The van der Waals surface area contributed by atoms with Crippen molar-refractivity contribution in [2.24, 2.45) is 0 Å². The van der Waals surface area contributed by atoms with Crippen molar-refractivity contribution in [3.8, 4) is 0 Å². The third kappa shape index (κ3) is 4.93. The number of halogens is 1. The van der Waals surface area contributed by atoms with Crippen LogP contribution in [0.15, 0.2) is 53.4 Å². The maximum absolute atomic E-state index is 12.4. The summed E-state index contributed by atoms with van der Waals surface area (Å²) < 4.78 is 0. The van der Waals surface area contributed by atoms with Gasteiger partial charge in [0, 0.05) is 54.9 Å². The van der Waals surface area contributed by atoms with E-state index in [0.717, 1.165) is 48.2 Å². The van der Waals surface area contributed by atoms with Crippen molar-refractivity contribution in [3.63, 3.8) is 0 Å². The number of thioether (sulfide) groups is 1. The second kappa shape index (κ2) is 9.31. The number of carbonyl (C=O) groups is 1. The lowest BCUT2D eigenvalue weighted by Gasteiger charge is -2.36. The first kappa shape index (κ1) is 19.1. The van der Waals surface area contributed by atoms with Crippen LogP contribution in [0.25, 0.3) is 0 Å². The molecule has 138 valence electrons. The molecule has 0 atom stereocenters. The van der Waals surface area contributed by atoms with Crippen LogP contribution in [0.2, 0.25) is 5.02 Å². The molecule has 2 aromatic carbocycles. The molecule has 1 amide bonds. The third-order valence-corrected chi connectivity index (χ3v) is 5.68. The van der Waals surface area contributed by atoms with Crippen LogP contribution in [-0.2, 0) is 0 Å². The number of piperazine rings is 1. The molecule has 0 unspecified atom stereocenters. The van der Waals surface area contributed by atoms with Crippen LogP contribution in [-0.4, -0.2) is 56.3 Å². The molecule has 26 heavy (non-hydrogen) atoms. The highest BCUT2D eigenvalue weighted by molar-refractivity contribution is 7.98. The van der Waals surface area contributed by atoms with Gasteiger partial charge in [0.2, 0.25) is 0 Å². The first-order valence-electron chi connectivity index (χ1n) is 8.81. The van der Waals surface area contributed by atoms with Crippen molar-refractivity contribution < 1.29 is 4.79 Å². The number of benzene rings is 2. The van der Waals surface area contributed by atoms with Gasteiger partial charge in [-0.2, -0.15) is 0 Å². The molecule has 0 spiro atoms. The van der Waals surface area contributed by atoms with E-state index in [2.05, 4.69) is 27.2 Å². The van der Waals surface area contributed by atoms with Gasteiger partial charge >= 0.3 is 0 Å². The van der Waals surface area contributed by atoms with Gasteiger partial charge < -0.3 is 10.2 Å². The van der Waals surface area contributed by atoms with Gasteiger partial charge in [0.05, 0.1) is 5.56 Å². The molecule has 1 saturated heterocycles. The van der Waals surface area contributed by atoms with Crippen molar-refractivity contribution in [2.45, 2.75) is 4.90 Å². The number of nitrogens with zero attached hydrogens (tertiary/aromatic N) is 2. The predicted octanol–water partition coefficient (Wildman–Crippen LogP) is 3.61. The number of nitrogens with one attached hydrogen (secondary N) is 1. The molecule has 0 saturated carbocycles. The minimum Gasteiger partial charge on any atom is -0.369 e. The molecule has 1 aliphatic heterocycles. The van der Waals surface area contributed by atoms with Crippen LogP contribution in [0.3, 0.4) is 0 Å². The van der Waals surface area contributed by atoms with Gasteiger partial charge in [-0.3, -0.25) is 9.69 Å². The van der Waals surface area contributed by atoms with Crippen LogP contribution in [0.5, 0.6) is 0 Å². The molecule has 6 heteroatoms. The van der Waals surface area contributed by atoms with E-state index in [0.29, 0.717) is 6.54 Å². The van der Waals surface area contributed by atoms with E-state index in [1.54, 1.807) is 11.8 Å². The number of hydrogen-bond acceptors (Lipinski definition) is 4. The summed E-state index contributed by atoms with van der Waals surface area (Å²) in [6.07, 6.45) is 1.99. The van der Waals surface area contributed by atoms with Gasteiger partial charge in [-0.15, -0.1) is 11.8 Å². The zero-order valence-corrected chi connectivity index (χ0v) is 16.5. The Bertz CT molecular complexity index is 730. The Labute approximate surface area is 164 Å². The monoisotopic (exact) mass is 389 g/mol. The minimum absolute atomic E-state index is 0.00903. The molecule has 1 N–H and O–H groups in total. The van der Waals surface area contributed by atoms with Gasteiger partial charge in [0.1, 0.15) is 0 Å². The molecule has 0 radical (unpaired) electrons. The smallest absolute Gasteiger partial charge is 0.252 e. The second-order valence-corrected chi connectivity index (χ2v) is 7.55. The lowest BCUT2D eigenvalue weighted by atomic mass is 10.2. The lowest BCUT2D eigenvalue weighted by Crippen LogP contribution is -2.48. The summed E-state index contributed by atoms with van der Waals surface area (Å²) >= 11 is 7.56. The van der Waals surface area contributed by atoms with Gasteiger partial charge in [0.25, 0.3) is 5.91 Å². The first-order valence-corrected chi connectivity index (χ1v) is 10.4. The molecular formula is C20H24ClN3OS. The molecule has 4 nitrogen and oxygen atoms in total. The quantitative estimate of drug-likeness (QED) is 0.765.